The second-order valence-corrected chi connectivity index (χ2v) is 5.00. The van der Waals surface area contributed by atoms with Gasteiger partial charge < -0.3 is 5.32 Å². The lowest BCUT2D eigenvalue weighted by Crippen LogP contribution is -2.51. The van der Waals surface area contributed by atoms with Gasteiger partial charge in [0.1, 0.15) is 5.92 Å². The fourth-order valence-electron chi connectivity index (χ4n) is 2.27. The first-order valence-electron chi connectivity index (χ1n) is 6.79. The van der Waals surface area contributed by atoms with Crippen LogP contribution < -0.4 is 10.2 Å². The maximum Gasteiger partial charge on any atom is 0.400 e. The van der Waals surface area contributed by atoms with Gasteiger partial charge in [-0.15, -0.1) is 0 Å². The number of hydrogen-bond donors (Lipinski definition) is 1. The zero-order valence-electron chi connectivity index (χ0n) is 11.6. The zero-order valence-corrected chi connectivity index (χ0v) is 11.6. The van der Waals surface area contributed by atoms with Crippen molar-refractivity contribution in [2.75, 3.05) is 18.0 Å². The normalized spacial score (nSPS) is 18.3. The van der Waals surface area contributed by atoms with Crippen molar-refractivity contribution in [1.82, 2.24) is 15.3 Å². The summed E-state index contributed by atoms with van der Waals surface area (Å²) in [5.41, 5.74) is 0. The minimum Gasteiger partial charge on any atom is -0.317 e. The van der Waals surface area contributed by atoms with Gasteiger partial charge in [0.25, 0.3) is 0 Å². The van der Waals surface area contributed by atoms with E-state index in [1.165, 1.54) is 12.4 Å². The van der Waals surface area contributed by atoms with Gasteiger partial charge in [0, 0.05) is 18.4 Å². The third-order valence-electron chi connectivity index (χ3n) is 3.54. The smallest absolute Gasteiger partial charge is 0.317 e. The van der Waals surface area contributed by atoms with E-state index in [1.807, 2.05) is 0 Å². The van der Waals surface area contributed by atoms with Crippen molar-refractivity contribution in [1.29, 1.82) is 0 Å². The largest absolute Gasteiger partial charge is 0.400 e. The van der Waals surface area contributed by atoms with Crippen LogP contribution in [-0.2, 0) is 4.79 Å². The summed E-state index contributed by atoms with van der Waals surface area (Å²) < 4.78 is 38.5. The number of rotatable bonds is 3. The van der Waals surface area contributed by atoms with Crippen LogP contribution in [0.25, 0.3) is 0 Å². The first kappa shape index (κ1) is 15.7. The van der Waals surface area contributed by atoms with Crippen molar-refractivity contribution in [3.05, 3.63) is 18.5 Å². The number of piperidine rings is 1. The van der Waals surface area contributed by atoms with Crippen LogP contribution in [0.3, 0.4) is 0 Å². The molecule has 116 valence electrons. The quantitative estimate of drug-likeness (QED) is 0.924. The average Bonchev–Trinajstić information content (AvgIpc) is 2.48. The van der Waals surface area contributed by atoms with E-state index in [-0.39, 0.29) is 12.0 Å². The summed E-state index contributed by atoms with van der Waals surface area (Å²) in [5, 5.41) is 3.12. The summed E-state index contributed by atoms with van der Waals surface area (Å²) in [6.07, 6.45) is -0.579. The Kier molecular flexibility index (Phi) is 4.76. The molecule has 1 saturated heterocycles. The molecule has 0 spiro atoms. The third-order valence-corrected chi connectivity index (χ3v) is 3.54. The summed E-state index contributed by atoms with van der Waals surface area (Å²) >= 11 is 0. The highest BCUT2D eigenvalue weighted by Crippen LogP contribution is 2.30. The zero-order chi connectivity index (χ0) is 15.5. The second-order valence-electron chi connectivity index (χ2n) is 5.00. The SMILES string of the molecule is CC(C(=O)N(c1ncccn1)C1CCNCC1)C(F)(F)F. The molecule has 1 aromatic rings. The van der Waals surface area contributed by atoms with Crippen LogP contribution >= 0.6 is 0 Å². The first-order chi connectivity index (χ1) is 9.91. The van der Waals surface area contributed by atoms with Crippen LogP contribution in [0.15, 0.2) is 18.5 Å². The summed E-state index contributed by atoms with van der Waals surface area (Å²) in [6, 6.07) is 1.24. The van der Waals surface area contributed by atoms with E-state index in [0.29, 0.717) is 25.9 Å². The number of nitrogens with zero attached hydrogens (tertiary/aromatic N) is 3. The third kappa shape index (κ3) is 3.69. The number of halogens is 3. The Labute approximate surface area is 120 Å². The monoisotopic (exact) mass is 302 g/mol. The topological polar surface area (TPSA) is 58.1 Å². The Morgan fingerprint density at radius 3 is 2.43 bits per heavy atom. The minimum absolute atomic E-state index is 0.0329. The average molecular weight is 302 g/mol. The molecule has 2 rings (SSSR count). The molecule has 21 heavy (non-hydrogen) atoms. The summed E-state index contributed by atoms with van der Waals surface area (Å²) in [5.74, 6) is -3.04. The first-order valence-corrected chi connectivity index (χ1v) is 6.79. The highest BCUT2D eigenvalue weighted by Gasteiger charge is 2.45. The molecule has 1 aliphatic heterocycles. The van der Waals surface area contributed by atoms with Crippen LogP contribution in [0.2, 0.25) is 0 Å². The molecule has 0 aliphatic carbocycles. The molecule has 0 bridgehead atoms. The van der Waals surface area contributed by atoms with Gasteiger partial charge in [-0.1, -0.05) is 0 Å². The molecule has 1 atom stereocenters. The van der Waals surface area contributed by atoms with Gasteiger partial charge in [0.05, 0.1) is 0 Å². The van der Waals surface area contributed by atoms with Gasteiger partial charge in [-0.2, -0.15) is 13.2 Å². The van der Waals surface area contributed by atoms with E-state index in [4.69, 9.17) is 0 Å². The van der Waals surface area contributed by atoms with Gasteiger partial charge in [0.2, 0.25) is 11.9 Å². The number of anilines is 1. The Morgan fingerprint density at radius 2 is 1.90 bits per heavy atom. The lowest BCUT2D eigenvalue weighted by atomic mass is 10.0. The van der Waals surface area contributed by atoms with Crippen LogP contribution in [0.1, 0.15) is 19.8 Å². The predicted octanol–water partition coefficient (Wildman–Crippen LogP) is 1.76. The van der Waals surface area contributed by atoms with Gasteiger partial charge >= 0.3 is 6.18 Å². The Morgan fingerprint density at radius 1 is 1.33 bits per heavy atom. The molecule has 1 aliphatic rings. The molecule has 1 amide bonds. The standard InChI is InChI=1S/C13H17F3N4O/c1-9(13(14,15)16)11(21)20(10-3-7-17-8-4-10)12-18-5-2-6-19-12/h2,5-6,9-10,17H,3-4,7-8H2,1H3. The fourth-order valence-corrected chi connectivity index (χ4v) is 2.27. The van der Waals surface area contributed by atoms with E-state index in [9.17, 15) is 18.0 Å². The van der Waals surface area contributed by atoms with Crippen molar-refractivity contribution in [2.24, 2.45) is 5.92 Å². The molecule has 2 heterocycles. The van der Waals surface area contributed by atoms with E-state index >= 15 is 0 Å². The highest BCUT2D eigenvalue weighted by atomic mass is 19.4. The maximum atomic E-state index is 12.8. The van der Waals surface area contributed by atoms with Crippen molar-refractivity contribution < 1.29 is 18.0 Å². The van der Waals surface area contributed by atoms with Gasteiger partial charge in [-0.05, 0) is 38.9 Å². The molecule has 0 saturated carbocycles. The molecular formula is C13H17F3N4O. The molecule has 1 fully saturated rings. The molecule has 1 unspecified atom stereocenters. The predicted molar refractivity (Wildman–Crippen MR) is 70.6 cm³/mol. The number of nitrogens with one attached hydrogen (secondary N) is 1. The number of hydrogen-bond acceptors (Lipinski definition) is 4. The molecular weight excluding hydrogens is 285 g/mol. The van der Waals surface area contributed by atoms with Crippen molar-refractivity contribution in [3.63, 3.8) is 0 Å². The lowest BCUT2D eigenvalue weighted by Gasteiger charge is -2.34. The maximum absolute atomic E-state index is 12.8. The van der Waals surface area contributed by atoms with Crippen LogP contribution in [0.4, 0.5) is 19.1 Å². The molecule has 1 aromatic heterocycles. The fraction of sp³-hybridized carbons (Fsp3) is 0.615. The van der Waals surface area contributed by atoms with E-state index in [2.05, 4.69) is 15.3 Å². The van der Waals surface area contributed by atoms with E-state index in [1.54, 1.807) is 6.07 Å². The summed E-state index contributed by atoms with van der Waals surface area (Å²) in [6.45, 7) is 2.18. The lowest BCUT2D eigenvalue weighted by molar-refractivity contribution is -0.177. The summed E-state index contributed by atoms with van der Waals surface area (Å²) in [4.78, 5) is 21.3. The van der Waals surface area contributed by atoms with Gasteiger partial charge in [-0.3, -0.25) is 9.69 Å². The Balaban J connectivity index is 2.29. The minimum atomic E-state index is -4.57. The molecule has 0 aromatic carbocycles. The number of carbonyl (C=O) groups excluding carboxylic acids is 1. The number of alkyl halides is 3. The van der Waals surface area contributed by atoms with Gasteiger partial charge in [0.15, 0.2) is 0 Å². The Bertz CT molecular complexity index is 474. The van der Waals surface area contributed by atoms with Crippen LogP contribution in [0.5, 0.6) is 0 Å². The number of carbonyl (C=O) groups is 1. The number of aromatic nitrogens is 2. The van der Waals surface area contributed by atoms with Crippen molar-refractivity contribution in [2.45, 2.75) is 32.0 Å². The van der Waals surface area contributed by atoms with Crippen molar-refractivity contribution >= 4 is 11.9 Å². The van der Waals surface area contributed by atoms with Crippen LogP contribution in [-0.4, -0.2) is 41.2 Å². The number of amides is 1. The van der Waals surface area contributed by atoms with E-state index in [0.717, 1.165) is 11.8 Å². The van der Waals surface area contributed by atoms with E-state index < -0.39 is 18.0 Å². The van der Waals surface area contributed by atoms with Crippen molar-refractivity contribution in [3.8, 4) is 0 Å². The molecule has 5 nitrogen and oxygen atoms in total. The molecule has 0 radical (unpaired) electrons. The highest BCUT2D eigenvalue weighted by molar-refractivity contribution is 5.94. The molecule has 8 heteroatoms. The molecule has 1 N–H and O–H groups in total. The van der Waals surface area contributed by atoms with Crippen LogP contribution in [0, 0.1) is 5.92 Å². The summed E-state index contributed by atoms with van der Waals surface area (Å²) in [7, 11) is 0. The Hall–Kier alpha value is -1.70. The van der Waals surface area contributed by atoms with Gasteiger partial charge in [-0.25, -0.2) is 9.97 Å². The second kappa shape index (κ2) is 6.38.